The number of rotatable bonds is 6. The number of hydrogen-bond acceptors (Lipinski definition) is 2. The van der Waals surface area contributed by atoms with Gasteiger partial charge in [-0.25, -0.2) is 0 Å². The highest BCUT2D eigenvalue weighted by Gasteiger charge is 2.06. The molecule has 0 radical (unpaired) electrons. The van der Waals surface area contributed by atoms with Gasteiger partial charge in [0.2, 0.25) is 5.91 Å². The standard InChI is InChI=1S/C15H17NO3/c1-2-3-4-9-14(17)16-11-13-8-6-5-7-12(13)10-15(18)19/h2-9H,10-11H2,1H3,(H,16,17)(H,18,19)/b3-2+,9-4?. The fraction of sp³-hybridized carbons (Fsp3) is 0.200. The van der Waals surface area contributed by atoms with E-state index in [1.165, 1.54) is 6.08 Å². The second kappa shape index (κ2) is 7.87. The van der Waals surface area contributed by atoms with Crippen LogP contribution >= 0.6 is 0 Å². The number of nitrogens with one attached hydrogen (secondary N) is 1. The van der Waals surface area contributed by atoms with Crippen molar-refractivity contribution in [3.8, 4) is 0 Å². The number of carbonyl (C=O) groups excluding carboxylic acids is 1. The Hall–Kier alpha value is -2.36. The Bertz CT molecular complexity index is 504. The van der Waals surface area contributed by atoms with Gasteiger partial charge in [0.1, 0.15) is 0 Å². The van der Waals surface area contributed by atoms with Crippen molar-refractivity contribution >= 4 is 11.9 Å². The van der Waals surface area contributed by atoms with Gasteiger partial charge in [0, 0.05) is 12.6 Å². The van der Waals surface area contributed by atoms with E-state index in [0.29, 0.717) is 12.1 Å². The molecular formula is C15H17NO3. The van der Waals surface area contributed by atoms with E-state index in [-0.39, 0.29) is 12.3 Å². The second-order valence-corrected chi connectivity index (χ2v) is 3.94. The third-order valence-corrected chi connectivity index (χ3v) is 2.46. The summed E-state index contributed by atoms with van der Waals surface area (Å²) in [5, 5.41) is 11.5. The molecule has 0 spiro atoms. The molecule has 19 heavy (non-hydrogen) atoms. The van der Waals surface area contributed by atoms with Crippen molar-refractivity contribution in [1.29, 1.82) is 0 Å². The molecule has 1 aromatic carbocycles. The molecule has 0 fully saturated rings. The highest BCUT2D eigenvalue weighted by molar-refractivity contribution is 5.87. The van der Waals surface area contributed by atoms with Crippen LogP contribution in [0, 0.1) is 0 Å². The lowest BCUT2D eigenvalue weighted by Gasteiger charge is -2.07. The lowest BCUT2D eigenvalue weighted by atomic mass is 10.0. The molecule has 0 atom stereocenters. The predicted octanol–water partition coefficient (Wildman–Crippen LogP) is 2.06. The number of carbonyl (C=O) groups is 2. The summed E-state index contributed by atoms with van der Waals surface area (Å²) in [4.78, 5) is 22.2. The van der Waals surface area contributed by atoms with E-state index in [1.807, 2.05) is 25.1 Å². The molecule has 100 valence electrons. The normalized spacial score (nSPS) is 11.0. The average molecular weight is 259 g/mol. The molecule has 2 N–H and O–H groups in total. The van der Waals surface area contributed by atoms with Crippen molar-refractivity contribution in [2.75, 3.05) is 0 Å². The number of hydrogen-bond donors (Lipinski definition) is 2. The van der Waals surface area contributed by atoms with Gasteiger partial charge in [-0.1, -0.05) is 42.5 Å². The van der Waals surface area contributed by atoms with Crippen molar-refractivity contribution < 1.29 is 14.7 Å². The molecule has 0 heterocycles. The number of benzene rings is 1. The van der Waals surface area contributed by atoms with Crippen molar-refractivity contribution in [3.05, 3.63) is 59.7 Å². The van der Waals surface area contributed by atoms with Crippen LogP contribution in [0.2, 0.25) is 0 Å². The first kappa shape index (κ1) is 14.7. The zero-order chi connectivity index (χ0) is 14.1. The van der Waals surface area contributed by atoms with Gasteiger partial charge in [0.25, 0.3) is 0 Å². The van der Waals surface area contributed by atoms with Gasteiger partial charge in [-0.2, -0.15) is 0 Å². The molecule has 0 saturated carbocycles. The lowest BCUT2D eigenvalue weighted by molar-refractivity contribution is -0.136. The van der Waals surface area contributed by atoms with E-state index >= 15 is 0 Å². The molecule has 0 unspecified atom stereocenters. The Kier molecular flexibility index (Phi) is 6.09. The summed E-state index contributed by atoms with van der Waals surface area (Å²) >= 11 is 0. The summed E-state index contributed by atoms with van der Waals surface area (Å²) in [6, 6.07) is 7.18. The molecule has 0 aromatic heterocycles. The third kappa shape index (κ3) is 5.68. The van der Waals surface area contributed by atoms with Gasteiger partial charge in [0.05, 0.1) is 6.42 Å². The molecule has 1 amide bonds. The first-order valence-corrected chi connectivity index (χ1v) is 5.99. The van der Waals surface area contributed by atoms with E-state index in [1.54, 1.807) is 24.3 Å². The van der Waals surface area contributed by atoms with Gasteiger partial charge in [-0.3, -0.25) is 9.59 Å². The topological polar surface area (TPSA) is 66.4 Å². The molecular weight excluding hydrogens is 242 g/mol. The molecule has 0 bridgehead atoms. The van der Waals surface area contributed by atoms with Crippen molar-refractivity contribution in [2.24, 2.45) is 0 Å². The molecule has 0 saturated heterocycles. The molecule has 0 aliphatic carbocycles. The average Bonchev–Trinajstić information content (AvgIpc) is 2.37. The fourth-order valence-electron chi connectivity index (χ4n) is 1.56. The van der Waals surface area contributed by atoms with Crippen molar-refractivity contribution in [2.45, 2.75) is 19.9 Å². The minimum absolute atomic E-state index is 0.0412. The fourth-order valence-corrected chi connectivity index (χ4v) is 1.56. The second-order valence-electron chi connectivity index (χ2n) is 3.94. The maximum Gasteiger partial charge on any atom is 0.307 e. The third-order valence-electron chi connectivity index (χ3n) is 2.46. The molecule has 0 aliphatic heterocycles. The summed E-state index contributed by atoms with van der Waals surface area (Å²) in [7, 11) is 0. The summed E-state index contributed by atoms with van der Waals surface area (Å²) in [6.45, 7) is 2.19. The van der Waals surface area contributed by atoms with Crippen LogP contribution in [0.15, 0.2) is 48.6 Å². The largest absolute Gasteiger partial charge is 0.481 e. The van der Waals surface area contributed by atoms with Crippen LogP contribution in [0.3, 0.4) is 0 Å². The van der Waals surface area contributed by atoms with E-state index in [0.717, 1.165) is 5.56 Å². The Morgan fingerprint density at radius 3 is 2.53 bits per heavy atom. The molecule has 1 rings (SSSR count). The van der Waals surface area contributed by atoms with Crippen LogP contribution in [0.4, 0.5) is 0 Å². The number of allylic oxidation sites excluding steroid dienone is 3. The zero-order valence-electron chi connectivity index (χ0n) is 10.8. The van der Waals surface area contributed by atoms with Crippen molar-refractivity contribution in [3.63, 3.8) is 0 Å². The van der Waals surface area contributed by atoms with Gasteiger partial charge in [0.15, 0.2) is 0 Å². The number of carboxylic acid groups (broad SMARTS) is 1. The number of amides is 1. The lowest BCUT2D eigenvalue weighted by Crippen LogP contribution is -2.21. The minimum Gasteiger partial charge on any atom is -0.481 e. The highest BCUT2D eigenvalue weighted by Crippen LogP contribution is 2.09. The summed E-state index contributed by atoms with van der Waals surface area (Å²) < 4.78 is 0. The van der Waals surface area contributed by atoms with Crippen LogP contribution < -0.4 is 5.32 Å². The highest BCUT2D eigenvalue weighted by atomic mass is 16.4. The SMILES string of the molecule is C/C=C/C=CC(=O)NCc1ccccc1CC(=O)O. The molecule has 0 aliphatic rings. The Balaban J connectivity index is 2.62. The molecule has 1 aromatic rings. The van der Waals surface area contributed by atoms with Crippen molar-refractivity contribution in [1.82, 2.24) is 5.32 Å². The Labute approximate surface area is 112 Å². The maximum atomic E-state index is 11.5. The Morgan fingerprint density at radius 2 is 1.89 bits per heavy atom. The predicted molar refractivity (Wildman–Crippen MR) is 73.6 cm³/mol. The van der Waals surface area contributed by atoms with E-state index in [2.05, 4.69) is 5.32 Å². The first-order valence-electron chi connectivity index (χ1n) is 5.99. The van der Waals surface area contributed by atoms with Gasteiger partial charge < -0.3 is 10.4 Å². The Morgan fingerprint density at radius 1 is 1.21 bits per heavy atom. The van der Waals surface area contributed by atoms with Crippen LogP contribution in [-0.4, -0.2) is 17.0 Å². The van der Waals surface area contributed by atoms with Crippen LogP contribution in [-0.2, 0) is 22.6 Å². The maximum absolute atomic E-state index is 11.5. The van der Waals surface area contributed by atoms with Crippen LogP contribution in [0.25, 0.3) is 0 Å². The van der Waals surface area contributed by atoms with E-state index in [9.17, 15) is 9.59 Å². The molecule has 4 nitrogen and oxygen atoms in total. The van der Waals surface area contributed by atoms with E-state index in [4.69, 9.17) is 5.11 Å². The van der Waals surface area contributed by atoms with Gasteiger partial charge >= 0.3 is 5.97 Å². The number of carboxylic acids is 1. The van der Waals surface area contributed by atoms with Gasteiger partial charge in [-0.15, -0.1) is 0 Å². The monoisotopic (exact) mass is 259 g/mol. The van der Waals surface area contributed by atoms with Crippen LogP contribution in [0.5, 0.6) is 0 Å². The quantitative estimate of drug-likeness (QED) is 0.607. The first-order chi connectivity index (χ1) is 9.13. The smallest absolute Gasteiger partial charge is 0.307 e. The van der Waals surface area contributed by atoms with E-state index < -0.39 is 5.97 Å². The minimum atomic E-state index is -0.883. The summed E-state index contributed by atoms with van der Waals surface area (Å²) in [5.74, 6) is -1.09. The zero-order valence-corrected chi connectivity index (χ0v) is 10.8. The van der Waals surface area contributed by atoms with Gasteiger partial charge in [-0.05, 0) is 18.1 Å². The summed E-state index contributed by atoms with van der Waals surface area (Å²) in [5.41, 5.74) is 1.53. The molecule has 4 heteroatoms. The van der Waals surface area contributed by atoms with Crippen LogP contribution in [0.1, 0.15) is 18.1 Å². The summed E-state index contributed by atoms with van der Waals surface area (Å²) in [6.07, 6.45) is 6.63. The number of aliphatic carboxylic acids is 1.